The molecular formula is C19H23FN4O. The Hall–Kier alpha value is -2.47. The Balaban J connectivity index is 1.54. The molecule has 0 saturated carbocycles. The van der Waals surface area contributed by atoms with Gasteiger partial charge in [-0.2, -0.15) is 0 Å². The van der Waals surface area contributed by atoms with Crippen LogP contribution in [0.3, 0.4) is 0 Å². The van der Waals surface area contributed by atoms with E-state index in [0.29, 0.717) is 6.54 Å². The number of piperazine rings is 1. The lowest BCUT2D eigenvalue weighted by Crippen LogP contribution is -2.46. The lowest BCUT2D eigenvalue weighted by Gasteiger charge is -2.34. The number of hydrogen-bond acceptors (Lipinski definition) is 4. The molecule has 25 heavy (non-hydrogen) atoms. The third-order valence-electron chi connectivity index (χ3n) is 4.52. The average molecular weight is 342 g/mol. The van der Waals surface area contributed by atoms with E-state index in [0.717, 1.165) is 44.1 Å². The molecule has 1 fully saturated rings. The summed E-state index contributed by atoms with van der Waals surface area (Å²) >= 11 is 0. The summed E-state index contributed by atoms with van der Waals surface area (Å²) in [6.07, 6.45) is 1.77. The molecule has 0 bridgehead atoms. The van der Waals surface area contributed by atoms with Crippen LogP contribution in [0.2, 0.25) is 0 Å². The van der Waals surface area contributed by atoms with Crippen molar-refractivity contribution < 1.29 is 9.18 Å². The molecule has 1 N–H and O–H groups in total. The zero-order valence-corrected chi connectivity index (χ0v) is 14.4. The van der Waals surface area contributed by atoms with Gasteiger partial charge in [0.25, 0.3) is 5.91 Å². The van der Waals surface area contributed by atoms with Crippen LogP contribution in [0.5, 0.6) is 0 Å². The first kappa shape index (κ1) is 17.4. The molecule has 0 aliphatic carbocycles. The summed E-state index contributed by atoms with van der Waals surface area (Å²) in [6, 6.07) is 9.90. The van der Waals surface area contributed by atoms with E-state index >= 15 is 0 Å². The Morgan fingerprint density at radius 2 is 1.92 bits per heavy atom. The SMILES string of the molecule is CCN1CCN(c2ccc(CNC(=O)c3ccccc3F)cn2)CC1. The molecule has 1 saturated heterocycles. The number of carbonyl (C=O) groups excluding carboxylic acids is 1. The number of pyridine rings is 1. The third-order valence-corrected chi connectivity index (χ3v) is 4.52. The van der Waals surface area contributed by atoms with Gasteiger partial charge < -0.3 is 15.1 Å². The monoisotopic (exact) mass is 342 g/mol. The van der Waals surface area contributed by atoms with Crippen LogP contribution in [-0.2, 0) is 6.54 Å². The quantitative estimate of drug-likeness (QED) is 0.906. The van der Waals surface area contributed by atoms with E-state index in [-0.39, 0.29) is 5.56 Å². The van der Waals surface area contributed by atoms with E-state index in [2.05, 4.69) is 27.0 Å². The highest BCUT2D eigenvalue weighted by Gasteiger charge is 2.16. The summed E-state index contributed by atoms with van der Waals surface area (Å²) in [5.74, 6) is 0.0255. The van der Waals surface area contributed by atoms with E-state index in [1.54, 1.807) is 18.3 Å². The van der Waals surface area contributed by atoms with Crippen molar-refractivity contribution in [2.75, 3.05) is 37.6 Å². The maximum Gasteiger partial charge on any atom is 0.254 e. The number of nitrogens with zero attached hydrogens (tertiary/aromatic N) is 3. The van der Waals surface area contributed by atoms with Gasteiger partial charge in [-0.1, -0.05) is 25.1 Å². The highest BCUT2D eigenvalue weighted by molar-refractivity contribution is 5.94. The number of halogens is 1. The molecule has 2 heterocycles. The predicted octanol–water partition coefficient (Wildman–Crippen LogP) is 2.29. The van der Waals surface area contributed by atoms with Crippen molar-refractivity contribution in [3.63, 3.8) is 0 Å². The summed E-state index contributed by atoms with van der Waals surface area (Å²) in [6.45, 7) is 7.65. The minimum atomic E-state index is -0.514. The molecule has 1 aromatic heterocycles. The van der Waals surface area contributed by atoms with Crippen LogP contribution in [0.4, 0.5) is 10.2 Å². The molecule has 0 atom stereocenters. The first-order chi connectivity index (χ1) is 12.2. The molecule has 1 aliphatic rings. The number of carbonyl (C=O) groups is 1. The van der Waals surface area contributed by atoms with Crippen molar-refractivity contribution in [2.45, 2.75) is 13.5 Å². The summed E-state index contributed by atoms with van der Waals surface area (Å²) < 4.78 is 13.6. The fourth-order valence-corrected chi connectivity index (χ4v) is 2.92. The molecule has 2 aromatic rings. The molecule has 132 valence electrons. The summed E-state index contributed by atoms with van der Waals surface area (Å²) in [4.78, 5) is 21.2. The van der Waals surface area contributed by atoms with Crippen molar-refractivity contribution in [1.82, 2.24) is 15.2 Å². The highest BCUT2D eigenvalue weighted by atomic mass is 19.1. The standard InChI is InChI=1S/C19H23FN4O/c1-2-23-9-11-24(12-10-23)18-8-7-15(13-21-18)14-22-19(25)16-5-3-4-6-17(16)20/h3-8,13H,2,9-12,14H2,1H3,(H,22,25). The Morgan fingerprint density at radius 3 is 2.56 bits per heavy atom. The Kier molecular flexibility index (Phi) is 5.60. The molecule has 1 aromatic carbocycles. The van der Waals surface area contributed by atoms with E-state index in [1.165, 1.54) is 12.1 Å². The summed E-state index contributed by atoms with van der Waals surface area (Å²) in [5, 5.41) is 2.73. The van der Waals surface area contributed by atoms with Gasteiger partial charge in [0, 0.05) is 38.9 Å². The third kappa shape index (κ3) is 4.33. The minimum absolute atomic E-state index is 0.0564. The maximum absolute atomic E-state index is 13.6. The maximum atomic E-state index is 13.6. The number of nitrogens with one attached hydrogen (secondary N) is 1. The summed E-state index contributed by atoms with van der Waals surface area (Å²) in [5.41, 5.74) is 0.946. The largest absolute Gasteiger partial charge is 0.354 e. The lowest BCUT2D eigenvalue weighted by atomic mass is 10.2. The second-order valence-corrected chi connectivity index (χ2v) is 6.11. The highest BCUT2D eigenvalue weighted by Crippen LogP contribution is 2.14. The van der Waals surface area contributed by atoms with Gasteiger partial charge in [0.2, 0.25) is 0 Å². The zero-order chi connectivity index (χ0) is 17.6. The minimum Gasteiger partial charge on any atom is -0.354 e. The van der Waals surface area contributed by atoms with Crippen molar-refractivity contribution in [1.29, 1.82) is 0 Å². The lowest BCUT2D eigenvalue weighted by molar-refractivity contribution is 0.0947. The molecule has 0 spiro atoms. The first-order valence-electron chi connectivity index (χ1n) is 8.62. The van der Waals surface area contributed by atoms with Gasteiger partial charge >= 0.3 is 0 Å². The van der Waals surface area contributed by atoms with Crippen LogP contribution in [0.25, 0.3) is 0 Å². The predicted molar refractivity (Wildman–Crippen MR) is 96.1 cm³/mol. The summed E-state index contributed by atoms with van der Waals surface area (Å²) in [7, 11) is 0. The molecular weight excluding hydrogens is 319 g/mol. The molecule has 0 radical (unpaired) electrons. The van der Waals surface area contributed by atoms with Crippen LogP contribution in [0.15, 0.2) is 42.6 Å². The Morgan fingerprint density at radius 1 is 1.16 bits per heavy atom. The number of aromatic nitrogens is 1. The van der Waals surface area contributed by atoms with Gasteiger partial charge in [-0.3, -0.25) is 4.79 Å². The molecule has 1 amide bonds. The number of hydrogen-bond donors (Lipinski definition) is 1. The molecule has 5 nitrogen and oxygen atoms in total. The number of likely N-dealkylation sites (N-methyl/N-ethyl adjacent to an activating group) is 1. The average Bonchev–Trinajstić information content (AvgIpc) is 2.67. The van der Waals surface area contributed by atoms with E-state index < -0.39 is 11.7 Å². The normalized spacial score (nSPS) is 15.2. The number of amides is 1. The number of anilines is 1. The van der Waals surface area contributed by atoms with E-state index in [1.807, 2.05) is 12.1 Å². The van der Waals surface area contributed by atoms with Crippen LogP contribution < -0.4 is 10.2 Å². The van der Waals surface area contributed by atoms with Crippen LogP contribution in [0.1, 0.15) is 22.8 Å². The van der Waals surface area contributed by atoms with Crippen LogP contribution in [0, 0.1) is 5.82 Å². The second-order valence-electron chi connectivity index (χ2n) is 6.11. The van der Waals surface area contributed by atoms with Gasteiger partial charge in [-0.25, -0.2) is 9.37 Å². The molecule has 3 rings (SSSR count). The van der Waals surface area contributed by atoms with Gasteiger partial charge in [-0.05, 0) is 30.3 Å². The van der Waals surface area contributed by atoms with Crippen LogP contribution in [-0.4, -0.2) is 48.5 Å². The topological polar surface area (TPSA) is 48.5 Å². The van der Waals surface area contributed by atoms with Gasteiger partial charge in [-0.15, -0.1) is 0 Å². The fourth-order valence-electron chi connectivity index (χ4n) is 2.92. The van der Waals surface area contributed by atoms with Gasteiger partial charge in [0.05, 0.1) is 5.56 Å². The molecule has 6 heteroatoms. The smallest absolute Gasteiger partial charge is 0.254 e. The molecule has 1 aliphatic heterocycles. The molecule has 0 unspecified atom stereocenters. The van der Waals surface area contributed by atoms with Crippen molar-refractivity contribution in [3.05, 3.63) is 59.5 Å². The van der Waals surface area contributed by atoms with E-state index in [9.17, 15) is 9.18 Å². The Labute approximate surface area is 147 Å². The zero-order valence-electron chi connectivity index (χ0n) is 14.4. The second kappa shape index (κ2) is 8.07. The van der Waals surface area contributed by atoms with Crippen LogP contribution >= 0.6 is 0 Å². The Bertz CT molecular complexity index is 712. The number of benzene rings is 1. The fraction of sp³-hybridized carbons (Fsp3) is 0.368. The number of rotatable bonds is 5. The first-order valence-corrected chi connectivity index (χ1v) is 8.62. The van der Waals surface area contributed by atoms with Crippen molar-refractivity contribution in [3.8, 4) is 0 Å². The van der Waals surface area contributed by atoms with Gasteiger partial charge in [0.15, 0.2) is 0 Å². The van der Waals surface area contributed by atoms with Gasteiger partial charge in [0.1, 0.15) is 11.6 Å². The van der Waals surface area contributed by atoms with E-state index in [4.69, 9.17) is 0 Å². The van der Waals surface area contributed by atoms with Crippen molar-refractivity contribution >= 4 is 11.7 Å². The van der Waals surface area contributed by atoms with Crippen molar-refractivity contribution in [2.24, 2.45) is 0 Å².